The molecule has 0 aliphatic heterocycles. The second kappa shape index (κ2) is 11.6. The van der Waals surface area contributed by atoms with Gasteiger partial charge in [0.15, 0.2) is 11.2 Å². The van der Waals surface area contributed by atoms with Gasteiger partial charge in [0.25, 0.3) is 0 Å². The van der Waals surface area contributed by atoms with Gasteiger partial charge in [-0.15, -0.1) is 0 Å². The van der Waals surface area contributed by atoms with Crippen molar-refractivity contribution in [3.8, 4) is 39.1 Å². The number of aromatic nitrogens is 1. The van der Waals surface area contributed by atoms with Crippen LogP contribution < -0.4 is 0 Å². The fourth-order valence-electron chi connectivity index (χ4n) is 9.06. The van der Waals surface area contributed by atoms with Gasteiger partial charge >= 0.3 is 0 Å². The molecule has 0 unspecified atom stereocenters. The summed E-state index contributed by atoms with van der Waals surface area (Å²) in [4.78, 5) is 0. The largest absolute Gasteiger partial charge is 0.460 e. The molecule has 0 aliphatic carbocycles. The molecule has 0 saturated carbocycles. The molecular weight excluding hydrogens is 671 g/mol. The van der Waals surface area contributed by atoms with Crippen LogP contribution in [-0.2, 0) is 0 Å². The third kappa shape index (κ3) is 4.38. The molecule has 0 aliphatic rings. The number of nitrogens with zero attached hydrogens (tertiary/aromatic N) is 1. The molecule has 0 spiro atoms. The molecule has 3 heterocycles. The lowest BCUT2D eigenvalue weighted by molar-refractivity contribution is 0.600. The summed E-state index contributed by atoms with van der Waals surface area (Å²) in [6.07, 6.45) is 1.84. The lowest BCUT2D eigenvalue weighted by Crippen LogP contribution is -1.93. The average molecular weight is 702 g/mol. The van der Waals surface area contributed by atoms with Crippen LogP contribution in [0.3, 0.4) is 0 Å². The topological polar surface area (TPSA) is 31.2 Å². The highest BCUT2D eigenvalue weighted by atomic mass is 16.4. The number of rotatable bonds is 4. The first kappa shape index (κ1) is 30.1. The molecule has 55 heavy (non-hydrogen) atoms. The Labute approximate surface area is 315 Å². The highest BCUT2D eigenvalue weighted by molar-refractivity contribution is 6.23. The molecular formula is C52H31NO2. The number of para-hydroxylation sites is 2. The van der Waals surface area contributed by atoms with E-state index in [4.69, 9.17) is 8.83 Å². The molecule has 9 aromatic carbocycles. The summed E-state index contributed by atoms with van der Waals surface area (Å²) < 4.78 is 15.3. The Morgan fingerprint density at radius 2 is 0.891 bits per heavy atom. The van der Waals surface area contributed by atoms with Gasteiger partial charge in [-0.05, 0) is 104 Å². The summed E-state index contributed by atoms with van der Waals surface area (Å²) in [6.45, 7) is 0. The Hall–Kier alpha value is -7.36. The number of hydrogen-bond donors (Lipinski definition) is 0. The normalized spacial score (nSPS) is 12.0. The van der Waals surface area contributed by atoms with Gasteiger partial charge in [0.1, 0.15) is 5.58 Å². The molecule has 0 radical (unpaired) electrons. The minimum atomic E-state index is 0.776. The average Bonchev–Trinajstić information content (AvgIpc) is 3.95. The molecule has 256 valence electrons. The summed E-state index contributed by atoms with van der Waals surface area (Å²) in [5.41, 5.74) is 12.9. The lowest BCUT2D eigenvalue weighted by atomic mass is 9.85. The molecule has 0 saturated heterocycles. The number of hydrogen-bond acceptors (Lipinski definition) is 2. The van der Waals surface area contributed by atoms with Crippen LogP contribution in [0.25, 0.3) is 115 Å². The van der Waals surface area contributed by atoms with Crippen molar-refractivity contribution >= 4 is 76.3 Å². The van der Waals surface area contributed by atoms with E-state index in [1.54, 1.807) is 0 Å². The van der Waals surface area contributed by atoms with Gasteiger partial charge in [-0.1, -0.05) is 127 Å². The highest BCUT2D eigenvalue weighted by Gasteiger charge is 2.21. The summed E-state index contributed by atoms with van der Waals surface area (Å²) in [5.74, 6) is 0. The third-order valence-corrected chi connectivity index (χ3v) is 11.5. The quantitative estimate of drug-likeness (QED) is 0.171. The maximum atomic E-state index is 6.71. The van der Waals surface area contributed by atoms with E-state index in [1.807, 2.05) is 12.3 Å². The monoisotopic (exact) mass is 701 g/mol. The Morgan fingerprint density at radius 3 is 1.60 bits per heavy atom. The van der Waals surface area contributed by atoms with Gasteiger partial charge in [0.05, 0.1) is 17.3 Å². The zero-order valence-corrected chi connectivity index (χ0v) is 29.7. The Bertz CT molecular complexity index is 3420. The van der Waals surface area contributed by atoms with E-state index in [0.717, 1.165) is 55.3 Å². The van der Waals surface area contributed by atoms with Gasteiger partial charge in [-0.3, -0.25) is 0 Å². The van der Waals surface area contributed by atoms with Crippen LogP contribution in [-0.4, -0.2) is 4.57 Å². The highest BCUT2D eigenvalue weighted by Crippen LogP contribution is 2.46. The van der Waals surface area contributed by atoms with Gasteiger partial charge in [0, 0.05) is 38.2 Å². The summed E-state index contributed by atoms with van der Waals surface area (Å²) in [5, 5.41) is 10.5. The SMILES string of the molecule is c1ccc(-c2coc3c2ccc2c4ccc(-c5c6ccccc6c(-c6ccc7c(c6)c6ccccc6n7-c6ccccc6)c6ccccc56)cc4oc23)cc1. The predicted molar refractivity (Wildman–Crippen MR) is 229 cm³/mol. The molecule has 3 heteroatoms. The Kier molecular flexibility index (Phi) is 6.34. The van der Waals surface area contributed by atoms with E-state index in [1.165, 1.54) is 60.0 Å². The standard InChI is InChI=1S/C52H31NO2/c1-3-13-32(14-4-1)45-31-54-51-43(45)27-26-42-37-25-23-34(30-48(37)55-52(42)51)50-40-20-9-7-18-38(40)49(39-19-8-10-21-41(39)50)33-24-28-47-44(29-33)36-17-11-12-22-46(36)53(47)35-15-5-2-6-16-35/h1-31H. The Morgan fingerprint density at radius 1 is 0.345 bits per heavy atom. The minimum Gasteiger partial charge on any atom is -0.460 e. The van der Waals surface area contributed by atoms with Crippen molar-refractivity contribution in [1.29, 1.82) is 0 Å². The van der Waals surface area contributed by atoms with E-state index < -0.39 is 0 Å². The van der Waals surface area contributed by atoms with E-state index in [9.17, 15) is 0 Å². The van der Waals surface area contributed by atoms with Crippen molar-refractivity contribution in [3.05, 3.63) is 188 Å². The van der Waals surface area contributed by atoms with E-state index in [0.29, 0.717) is 0 Å². The molecule has 0 fully saturated rings. The molecule has 12 rings (SSSR count). The van der Waals surface area contributed by atoms with Crippen molar-refractivity contribution in [3.63, 3.8) is 0 Å². The second-order valence-corrected chi connectivity index (χ2v) is 14.4. The van der Waals surface area contributed by atoms with Gasteiger partial charge in [-0.2, -0.15) is 0 Å². The first-order chi connectivity index (χ1) is 27.3. The number of benzene rings is 9. The lowest BCUT2D eigenvalue weighted by Gasteiger charge is -2.18. The number of fused-ring (bicyclic) bond motifs is 10. The van der Waals surface area contributed by atoms with Crippen molar-refractivity contribution < 1.29 is 8.83 Å². The molecule has 3 nitrogen and oxygen atoms in total. The maximum Gasteiger partial charge on any atom is 0.178 e. The van der Waals surface area contributed by atoms with Crippen molar-refractivity contribution in [2.45, 2.75) is 0 Å². The van der Waals surface area contributed by atoms with Crippen LogP contribution in [0.4, 0.5) is 0 Å². The van der Waals surface area contributed by atoms with Crippen LogP contribution in [0.15, 0.2) is 197 Å². The zero-order valence-electron chi connectivity index (χ0n) is 29.7. The fraction of sp³-hybridized carbons (Fsp3) is 0. The fourth-order valence-corrected chi connectivity index (χ4v) is 9.06. The molecule has 3 aromatic heterocycles. The molecule has 0 bridgehead atoms. The Balaban J connectivity index is 1.07. The third-order valence-electron chi connectivity index (χ3n) is 11.5. The zero-order chi connectivity index (χ0) is 36.0. The van der Waals surface area contributed by atoms with Crippen molar-refractivity contribution in [2.75, 3.05) is 0 Å². The predicted octanol–water partition coefficient (Wildman–Crippen LogP) is 14.7. The first-order valence-electron chi connectivity index (χ1n) is 18.7. The number of furan rings is 2. The second-order valence-electron chi connectivity index (χ2n) is 14.4. The van der Waals surface area contributed by atoms with Crippen molar-refractivity contribution in [1.82, 2.24) is 4.57 Å². The van der Waals surface area contributed by atoms with E-state index in [-0.39, 0.29) is 0 Å². The van der Waals surface area contributed by atoms with Crippen LogP contribution in [0.2, 0.25) is 0 Å². The molecule has 0 N–H and O–H groups in total. The van der Waals surface area contributed by atoms with Crippen LogP contribution in [0.5, 0.6) is 0 Å². The van der Waals surface area contributed by atoms with Crippen LogP contribution >= 0.6 is 0 Å². The smallest absolute Gasteiger partial charge is 0.178 e. The maximum absolute atomic E-state index is 6.71. The van der Waals surface area contributed by atoms with Crippen LogP contribution in [0.1, 0.15) is 0 Å². The van der Waals surface area contributed by atoms with Gasteiger partial charge in [0.2, 0.25) is 0 Å². The van der Waals surface area contributed by atoms with Gasteiger partial charge < -0.3 is 13.4 Å². The summed E-state index contributed by atoms with van der Waals surface area (Å²) >= 11 is 0. The summed E-state index contributed by atoms with van der Waals surface area (Å²) in [6, 6.07) is 65.4. The van der Waals surface area contributed by atoms with E-state index in [2.05, 4.69) is 180 Å². The molecule has 12 aromatic rings. The molecule has 0 amide bonds. The van der Waals surface area contributed by atoms with Crippen molar-refractivity contribution in [2.24, 2.45) is 0 Å². The minimum absolute atomic E-state index is 0.776. The van der Waals surface area contributed by atoms with E-state index >= 15 is 0 Å². The van der Waals surface area contributed by atoms with Gasteiger partial charge in [-0.25, -0.2) is 0 Å². The van der Waals surface area contributed by atoms with Crippen LogP contribution in [0, 0.1) is 0 Å². The first-order valence-corrected chi connectivity index (χ1v) is 18.7. The molecule has 0 atom stereocenters. The summed E-state index contributed by atoms with van der Waals surface area (Å²) in [7, 11) is 0.